The molecule has 4 nitrogen and oxygen atoms in total. The lowest BCUT2D eigenvalue weighted by atomic mass is 10.0. The summed E-state index contributed by atoms with van der Waals surface area (Å²) in [5.74, 6) is -0.463. The van der Waals surface area contributed by atoms with Gasteiger partial charge in [0.05, 0.1) is 5.52 Å². The van der Waals surface area contributed by atoms with E-state index in [1.165, 1.54) is 23.6 Å². The van der Waals surface area contributed by atoms with Crippen LogP contribution in [0.3, 0.4) is 0 Å². The molecule has 0 fully saturated rings. The molecule has 1 heterocycles. The molecule has 1 aromatic carbocycles. The van der Waals surface area contributed by atoms with E-state index in [2.05, 4.69) is 4.98 Å². The van der Waals surface area contributed by atoms with Gasteiger partial charge in [-0.2, -0.15) is 8.78 Å². The number of nitrogens with zero attached hydrogens (tertiary/aromatic N) is 1. The number of rotatable bonds is 2. The topological polar surface area (TPSA) is 68.0 Å². The first kappa shape index (κ1) is 12.4. The molecule has 0 aliphatic rings. The van der Waals surface area contributed by atoms with Crippen LogP contribution in [0.25, 0.3) is 10.9 Å². The summed E-state index contributed by atoms with van der Waals surface area (Å²) in [4.78, 5) is 15.2. The normalized spacial score (nSPS) is 11.5. The number of nitrogens with two attached hydrogens (primary N) is 1. The molecule has 0 saturated heterocycles. The van der Waals surface area contributed by atoms with Crippen LogP contribution in [0.15, 0.2) is 30.3 Å². The number of carbonyl (C=O) groups excluding carboxylic acids is 1. The molecule has 18 heavy (non-hydrogen) atoms. The monoisotopic (exact) mass is 249 g/mol. The third-order valence-electron chi connectivity index (χ3n) is 2.61. The lowest BCUT2D eigenvalue weighted by Gasteiger charge is -2.15. The van der Waals surface area contributed by atoms with Crippen molar-refractivity contribution in [2.24, 2.45) is 5.84 Å². The Morgan fingerprint density at radius 3 is 2.72 bits per heavy atom. The first-order valence-electron chi connectivity index (χ1n) is 5.22. The van der Waals surface area contributed by atoms with E-state index >= 15 is 0 Å². The van der Waals surface area contributed by atoms with Crippen LogP contribution in [0.4, 0.5) is 8.78 Å². The summed E-state index contributed by atoms with van der Waals surface area (Å²) in [5.41, 5.74) is 2.44. The van der Waals surface area contributed by atoms with E-state index in [0.29, 0.717) is 10.9 Å². The van der Waals surface area contributed by atoms with Crippen molar-refractivity contribution in [1.29, 1.82) is 0 Å². The molecule has 2 rings (SSSR count). The van der Waals surface area contributed by atoms with Crippen LogP contribution in [0.2, 0.25) is 0 Å². The van der Waals surface area contributed by atoms with Crippen LogP contribution in [0, 0.1) is 0 Å². The van der Waals surface area contributed by atoms with Crippen molar-refractivity contribution in [1.82, 2.24) is 10.4 Å². The Labute approximate surface area is 103 Å². The number of hydrogen-bond donors (Lipinski definition) is 2. The Balaban J connectivity index is 2.54. The van der Waals surface area contributed by atoms with Crippen LogP contribution < -0.4 is 16.9 Å². The Bertz CT molecular complexity index is 618. The summed E-state index contributed by atoms with van der Waals surface area (Å²) in [6, 6.07) is 7.25. The smallest absolute Gasteiger partial charge is 0.289 e. The maximum Gasteiger partial charge on any atom is 0.351 e. The van der Waals surface area contributed by atoms with E-state index in [1.807, 2.05) is 7.85 Å². The molecule has 7 heteroatoms. The van der Waals surface area contributed by atoms with Crippen molar-refractivity contribution in [3.8, 4) is 0 Å². The Kier molecular flexibility index (Phi) is 3.00. The maximum atomic E-state index is 13.6. The molecule has 0 atom stereocenters. The van der Waals surface area contributed by atoms with Gasteiger partial charge in [-0.25, -0.2) is 5.84 Å². The molecule has 3 N–H and O–H groups in total. The fourth-order valence-electron chi connectivity index (χ4n) is 1.64. The van der Waals surface area contributed by atoms with E-state index in [9.17, 15) is 13.6 Å². The van der Waals surface area contributed by atoms with Gasteiger partial charge in [-0.05, 0) is 17.7 Å². The lowest BCUT2D eigenvalue weighted by molar-refractivity contribution is -0.147. The van der Waals surface area contributed by atoms with Crippen LogP contribution in [0.1, 0.15) is 5.56 Å². The first-order valence-corrected chi connectivity index (χ1v) is 5.22. The van der Waals surface area contributed by atoms with Gasteiger partial charge in [0.2, 0.25) is 0 Å². The average Bonchev–Trinajstić information content (AvgIpc) is 2.36. The van der Waals surface area contributed by atoms with Gasteiger partial charge in [0, 0.05) is 10.9 Å². The van der Waals surface area contributed by atoms with Gasteiger partial charge >= 0.3 is 11.8 Å². The third kappa shape index (κ3) is 2.04. The number of benzene rings is 1. The summed E-state index contributed by atoms with van der Waals surface area (Å²) >= 11 is 0. The van der Waals surface area contributed by atoms with Crippen LogP contribution >= 0.6 is 0 Å². The van der Waals surface area contributed by atoms with Gasteiger partial charge in [-0.15, -0.1) is 0 Å². The predicted octanol–water partition coefficient (Wildman–Crippen LogP) is -0.425. The highest BCUT2D eigenvalue weighted by Gasteiger charge is 2.40. The molecule has 0 bridgehead atoms. The van der Waals surface area contributed by atoms with Crippen molar-refractivity contribution in [2.75, 3.05) is 0 Å². The van der Waals surface area contributed by atoms with E-state index in [4.69, 9.17) is 5.84 Å². The Morgan fingerprint density at radius 2 is 2.06 bits per heavy atom. The molecular formula is C11H10BF2N3O. The standard InChI is InChI=1S/C11H10BF2N3O/c12-9-4-1-6-5-7(2-3-8(6)16-9)11(13,14)10(18)17-15/h1-5H,12,15H2,(H,17,18). The summed E-state index contributed by atoms with van der Waals surface area (Å²) in [6.45, 7) is 0. The zero-order valence-electron chi connectivity index (χ0n) is 9.58. The van der Waals surface area contributed by atoms with Crippen LogP contribution in [-0.2, 0) is 10.7 Å². The zero-order valence-corrected chi connectivity index (χ0v) is 9.58. The zero-order chi connectivity index (χ0) is 13.3. The van der Waals surface area contributed by atoms with Gasteiger partial charge in [-0.3, -0.25) is 15.2 Å². The molecule has 0 spiro atoms. The van der Waals surface area contributed by atoms with Crippen LogP contribution in [-0.4, -0.2) is 18.7 Å². The molecule has 0 aliphatic heterocycles. The fourth-order valence-corrected chi connectivity index (χ4v) is 1.64. The maximum absolute atomic E-state index is 13.6. The third-order valence-corrected chi connectivity index (χ3v) is 2.61. The van der Waals surface area contributed by atoms with Crippen LogP contribution in [0.5, 0.6) is 0 Å². The number of hydrogen-bond acceptors (Lipinski definition) is 3. The minimum absolute atomic E-state index is 0.413. The van der Waals surface area contributed by atoms with Crippen molar-refractivity contribution in [2.45, 2.75) is 5.92 Å². The highest BCUT2D eigenvalue weighted by molar-refractivity contribution is 6.31. The SMILES string of the molecule is Bc1ccc2cc(C(F)(F)C(=O)NN)ccc2n1. The number of amides is 1. The number of fused-ring (bicyclic) bond motifs is 1. The second kappa shape index (κ2) is 4.34. The summed E-state index contributed by atoms with van der Waals surface area (Å²) in [6.07, 6.45) is 0. The van der Waals surface area contributed by atoms with Crippen molar-refractivity contribution < 1.29 is 13.6 Å². The lowest BCUT2D eigenvalue weighted by Crippen LogP contribution is -2.42. The second-order valence-corrected chi connectivity index (χ2v) is 3.91. The molecular weight excluding hydrogens is 239 g/mol. The van der Waals surface area contributed by atoms with E-state index in [-0.39, 0.29) is 0 Å². The fraction of sp³-hybridized carbons (Fsp3) is 0.0909. The molecule has 0 aliphatic carbocycles. The quantitative estimate of drug-likeness (QED) is 0.328. The number of nitrogens with one attached hydrogen (secondary N) is 1. The number of pyridine rings is 1. The predicted molar refractivity (Wildman–Crippen MR) is 66.1 cm³/mol. The van der Waals surface area contributed by atoms with Gasteiger partial charge in [0.25, 0.3) is 0 Å². The number of halogens is 2. The molecule has 0 radical (unpaired) electrons. The van der Waals surface area contributed by atoms with Gasteiger partial charge < -0.3 is 0 Å². The molecule has 0 unspecified atom stereocenters. The van der Waals surface area contributed by atoms with Gasteiger partial charge in [0.1, 0.15) is 0 Å². The van der Waals surface area contributed by atoms with E-state index < -0.39 is 17.4 Å². The highest BCUT2D eigenvalue weighted by atomic mass is 19.3. The molecule has 1 aromatic heterocycles. The van der Waals surface area contributed by atoms with Gasteiger partial charge in [0.15, 0.2) is 7.85 Å². The van der Waals surface area contributed by atoms with E-state index in [0.717, 1.165) is 5.59 Å². The largest absolute Gasteiger partial charge is 0.351 e. The number of carbonyl (C=O) groups is 1. The molecule has 2 aromatic rings. The highest BCUT2D eigenvalue weighted by Crippen LogP contribution is 2.29. The van der Waals surface area contributed by atoms with Crippen molar-refractivity contribution >= 4 is 30.2 Å². The number of aromatic nitrogens is 1. The van der Waals surface area contributed by atoms with Gasteiger partial charge in [-0.1, -0.05) is 18.2 Å². The summed E-state index contributed by atoms with van der Waals surface area (Å²) in [7, 11) is 1.81. The molecule has 1 amide bonds. The van der Waals surface area contributed by atoms with Crippen molar-refractivity contribution in [3.05, 3.63) is 35.9 Å². The minimum Gasteiger partial charge on any atom is -0.289 e. The van der Waals surface area contributed by atoms with Crippen molar-refractivity contribution in [3.63, 3.8) is 0 Å². The molecule has 0 saturated carbocycles. The average molecular weight is 249 g/mol. The Hall–Kier alpha value is -2.02. The number of hydrazine groups is 1. The Morgan fingerprint density at radius 1 is 1.33 bits per heavy atom. The second-order valence-electron chi connectivity index (χ2n) is 3.91. The van der Waals surface area contributed by atoms with E-state index in [1.54, 1.807) is 12.1 Å². The summed E-state index contributed by atoms with van der Waals surface area (Å²) < 4.78 is 27.3. The minimum atomic E-state index is -3.66. The molecule has 92 valence electrons. The first-order chi connectivity index (χ1) is 8.45. The summed E-state index contributed by atoms with van der Waals surface area (Å²) in [5, 5.41) is 0.544. The number of alkyl halides is 2.